The third-order valence-electron chi connectivity index (χ3n) is 2.50. The van der Waals surface area contributed by atoms with Crippen molar-refractivity contribution < 1.29 is 24.0 Å². The third-order valence-corrected chi connectivity index (χ3v) is 2.99. The summed E-state index contributed by atoms with van der Waals surface area (Å²) in [6, 6.07) is 7.72. The Morgan fingerprint density at radius 2 is 2.05 bits per heavy atom. The van der Waals surface area contributed by atoms with Crippen LogP contribution in [0.3, 0.4) is 0 Å². The number of benzene rings is 2. The summed E-state index contributed by atoms with van der Waals surface area (Å²) >= 11 is 3.20. The van der Waals surface area contributed by atoms with Gasteiger partial charge in [-0.3, -0.25) is 10.1 Å². The van der Waals surface area contributed by atoms with E-state index in [4.69, 9.17) is 9.84 Å². The molecular formula is C13H7BrFNO5. The molecule has 0 saturated carbocycles. The molecule has 0 aliphatic rings. The lowest BCUT2D eigenvalue weighted by Gasteiger charge is -2.08. The van der Waals surface area contributed by atoms with Gasteiger partial charge in [-0.05, 0) is 18.2 Å². The maximum Gasteiger partial charge on any atom is 0.338 e. The quantitative estimate of drug-likeness (QED) is 0.661. The van der Waals surface area contributed by atoms with E-state index in [1.807, 2.05) is 0 Å². The average molecular weight is 356 g/mol. The second-order valence-electron chi connectivity index (χ2n) is 3.92. The molecular weight excluding hydrogens is 349 g/mol. The Labute approximate surface area is 126 Å². The summed E-state index contributed by atoms with van der Waals surface area (Å²) in [4.78, 5) is 21.0. The van der Waals surface area contributed by atoms with Crippen LogP contribution in [0.25, 0.3) is 0 Å². The van der Waals surface area contributed by atoms with E-state index in [1.54, 1.807) is 12.1 Å². The van der Waals surface area contributed by atoms with Gasteiger partial charge in [-0.15, -0.1) is 0 Å². The van der Waals surface area contributed by atoms with Crippen molar-refractivity contribution in [1.29, 1.82) is 0 Å². The Morgan fingerprint density at radius 1 is 1.33 bits per heavy atom. The van der Waals surface area contributed by atoms with E-state index in [2.05, 4.69) is 15.9 Å². The van der Waals surface area contributed by atoms with Crippen LogP contribution in [-0.2, 0) is 0 Å². The fourth-order valence-corrected chi connectivity index (χ4v) is 1.97. The van der Waals surface area contributed by atoms with Gasteiger partial charge in [0, 0.05) is 10.5 Å². The lowest BCUT2D eigenvalue weighted by atomic mass is 10.1. The normalized spacial score (nSPS) is 10.2. The number of hydrogen-bond donors (Lipinski definition) is 1. The van der Waals surface area contributed by atoms with Crippen LogP contribution in [0.5, 0.6) is 11.5 Å². The molecule has 21 heavy (non-hydrogen) atoms. The molecule has 0 unspecified atom stereocenters. The van der Waals surface area contributed by atoms with Gasteiger partial charge in [-0.1, -0.05) is 22.0 Å². The van der Waals surface area contributed by atoms with Gasteiger partial charge >= 0.3 is 11.7 Å². The second-order valence-corrected chi connectivity index (χ2v) is 4.84. The molecule has 2 aromatic carbocycles. The van der Waals surface area contributed by atoms with Gasteiger partial charge in [0.15, 0.2) is 0 Å². The van der Waals surface area contributed by atoms with Crippen molar-refractivity contribution in [3.63, 3.8) is 0 Å². The number of carboxylic acids is 1. The minimum Gasteiger partial charge on any atom is -0.478 e. The Bertz CT molecular complexity index is 734. The SMILES string of the molecule is O=C(O)c1cc(Oc2cccc(Br)c2)c([N+](=O)[O-])cc1F. The number of carbonyl (C=O) groups is 1. The van der Waals surface area contributed by atoms with Crippen LogP contribution >= 0.6 is 15.9 Å². The molecule has 0 spiro atoms. The molecule has 0 bridgehead atoms. The first-order valence-electron chi connectivity index (χ1n) is 5.53. The van der Waals surface area contributed by atoms with Crippen molar-refractivity contribution in [2.45, 2.75) is 0 Å². The summed E-state index contributed by atoms with van der Waals surface area (Å²) < 4.78 is 19.5. The molecule has 0 aliphatic carbocycles. The average Bonchev–Trinajstić information content (AvgIpc) is 2.39. The van der Waals surface area contributed by atoms with Gasteiger partial charge in [0.05, 0.1) is 16.6 Å². The Morgan fingerprint density at radius 3 is 2.62 bits per heavy atom. The Hall–Kier alpha value is -2.48. The van der Waals surface area contributed by atoms with Crippen molar-refractivity contribution in [3.8, 4) is 11.5 Å². The van der Waals surface area contributed by atoms with Crippen LogP contribution in [0, 0.1) is 15.9 Å². The highest BCUT2D eigenvalue weighted by Gasteiger charge is 2.23. The van der Waals surface area contributed by atoms with E-state index in [0.29, 0.717) is 10.5 Å². The lowest BCUT2D eigenvalue weighted by Crippen LogP contribution is -2.03. The number of nitro benzene ring substituents is 1. The minimum absolute atomic E-state index is 0.246. The first-order chi connectivity index (χ1) is 9.88. The van der Waals surface area contributed by atoms with Gasteiger partial charge in [-0.25, -0.2) is 9.18 Å². The number of aromatic carboxylic acids is 1. The molecule has 0 atom stereocenters. The van der Waals surface area contributed by atoms with Gasteiger partial charge < -0.3 is 9.84 Å². The van der Waals surface area contributed by atoms with Crippen LogP contribution in [0.4, 0.5) is 10.1 Å². The number of nitro groups is 1. The van der Waals surface area contributed by atoms with E-state index in [9.17, 15) is 19.3 Å². The highest BCUT2D eigenvalue weighted by molar-refractivity contribution is 9.10. The number of hydrogen-bond acceptors (Lipinski definition) is 4. The summed E-state index contributed by atoms with van der Waals surface area (Å²) in [7, 11) is 0. The second kappa shape index (κ2) is 5.88. The summed E-state index contributed by atoms with van der Waals surface area (Å²) in [6.45, 7) is 0. The Balaban J connectivity index is 2.52. The number of rotatable bonds is 4. The number of carboxylic acid groups (broad SMARTS) is 1. The summed E-state index contributed by atoms with van der Waals surface area (Å²) in [5.74, 6) is -2.84. The van der Waals surface area contributed by atoms with Gasteiger partial charge in [0.2, 0.25) is 5.75 Å². The van der Waals surface area contributed by atoms with Gasteiger partial charge in [-0.2, -0.15) is 0 Å². The molecule has 2 aromatic rings. The number of halogens is 2. The van der Waals surface area contributed by atoms with Crippen molar-refractivity contribution in [3.05, 3.63) is 62.4 Å². The predicted molar refractivity (Wildman–Crippen MR) is 74.2 cm³/mol. The van der Waals surface area contributed by atoms with Crippen LogP contribution in [0.15, 0.2) is 40.9 Å². The molecule has 0 fully saturated rings. The van der Waals surface area contributed by atoms with Crippen molar-refractivity contribution in [2.24, 2.45) is 0 Å². The standard InChI is InChI=1S/C13H7BrFNO5/c14-7-2-1-3-8(4-7)21-12-5-9(13(17)18)10(15)6-11(12)16(19)20/h1-6H,(H,17,18). The molecule has 6 nitrogen and oxygen atoms in total. The van der Waals surface area contributed by atoms with Crippen LogP contribution in [0.1, 0.15) is 10.4 Å². The number of nitrogens with zero attached hydrogens (tertiary/aromatic N) is 1. The zero-order valence-electron chi connectivity index (χ0n) is 10.2. The summed E-state index contributed by atoms with van der Waals surface area (Å²) in [6.07, 6.45) is 0. The molecule has 2 rings (SSSR count). The lowest BCUT2D eigenvalue weighted by molar-refractivity contribution is -0.385. The largest absolute Gasteiger partial charge is 0.478 e. The molecule has 0 amide bonds. The fraction of sp³-hybridized carbons (Fsp3) is 0. The minimum atomic E-state index is -1.54. The highest BCUT2D eigenvalue weighted by atomic mass is 79.9. The first-order valence-corrected chi connectivity index (χ1v) is 6.32. The van der Waals surface area contributed by atoms with Gasteiger partial charge in [0.25, 0.3) is 0 Å². The fourth-order valence-electron chi connectivity index (χ4n) is 1.59. The zero-order valence-corrected chi connectivity index (χ0v) is 11.8. The number of ether oxygens (including phenoxy) is 1. The maximum absolute atomic E-state index is 13.5. The third kappa shape index (κ3) is 3.34. The predicted octanol–water partition coefficient (Wildman–Crippen LogP) is 3.99. The highest BCUT2D eigenvalue weighted by Crippen LogP contribution is 2.34. The van der Waals surface area contributed by atoms with E-state index in [-0.39, 0.29) is 11.5 Å². The monoisotopic (exact) mass is 355 g/mol. The topological polar surface area (TPSA) is 89.7 Å². The maximum atomic E-state index is 13.5. The molecule has 0 heterocycles. The van der Waals surface area contributed by atoms with E-state index < -0.39 is 28.0 Å². The molecule has 8 heteroatoms. The Kier molecular flexibility index (Phi) is 4.18. The van der Waals surface area contributed by atoms with E-state index in [1.165, 1.54) is 12.1 Å². The molecule has 0 aromatic heterocycles. The van der Waals surface area contributed by atoms with Crippen LogP contribution < -0.4 is 4.74 Å². The van der Waals surface area contributed by atoms with Crippen molar-refractivity contribution >= 4 is 27.6 Å². The van der Waals surface area contributed by atoms with E-state index >= 15 is 0 Å². The molecule has 0 radical (unpaired) electrons. The summed E-state index contributed by atoms with van der Waals surface area (Å²) in [5.41, 5.74) is -1.36. The van der Waals surface area contributed by atoms with Crippen molar-refractivity contribution in [2.75, 3.05) is 0 Å². The zero-order chi connectivity index (χ0) is 15.6. The van der Waals surface area contributed by atoms with Crippen LogP contribution in [0.2, 0.25) is 0 Å². The first kappa shape index (κ1) is 14.9. The molecule has 108 valence electrons. The van der Waals surface area contributed by atoms with Crippen molar-refractivity contribution in [1.82, 2.24) is 0 Å². The molecule has 0 saturated heterocycles. The smallest absolute Gasteiger partial charge is 0.338 e. The molecule has 0 aliphatic heterocycles. The van der Waals surface area contributed by atoms with Crippen LogP contribution in [-0.4, -0.2) is 16.0 Å². The summed E-state index contributed by atoms with van der Waals surface area (Å²) in [5, 5.41) is 19.8. The van der Waals surface area contributed by atoms with E-state index in [0.717, 1.165) is 6.07 Å². The van der Waals surface area contributed by atoms with Gasteiger partial charge in [0.1, 0.15) is 11.6 Å². The molecule has 1 N–H and O–H groups in total.